The van der Waals surface area contributed by atoms with Crippen LogP contribution in [0, 0.1) is 6.57 Å². The second-order valence-corrected chi connectivity index (χ2v) is 3.00. The van der Waals surface area contributed by atoms with E-state index in [1.807, 2.05) is 0 Å². The lowest BCUT2D eigenvalue weighted by molar-refractivity contribution is 0.0697. The summed E-state index contributed by atoms with van der Waals surface area (Å²) in [6, 6.07) is 1.51. The Morgan fingerprint density at radius 2 is 2.50 bits per heavy atom. The van der Waals surface area contributed by atoms with Crippen molar-refractivity contribution in [1.82, 2.24) is 4.98 Å². The lowest BCUT2D eigenvalue weighted by Gasteiger charge is -2.03. The van der Waals surface area contributed by atoms with E-state index in [1.54, 1.807) is 6.92 Å². The molecule has 2 N–H and O–H groups in total. The molecule has 0 aliphatic heterocycles. The van der Waals surface area contributed by atoms with Crippen molar-refractivity contribution < 1.29 is 9.90 Å². The summed E-state index contributed by atoms with van der Waals surface area (Å²) in [5.41, 5.74) is 3.59. The number of carbonyl (C=O) groups is 1. The Kier molecular flexibility index (Phi) is 3.98. The number of pyridine rings is 1. The Hall–Kier alpha value is -2.42. The van der Waals surface area contributed by atoms with Gasteiger partial charge in [0.15, 0.2) is 0 Å². The van der Waals surface area contributed by atoms with E-state index in [-0.39, 0.29) is 12.1 Å². The Morgan fingerprint density at radius 3 is 3.12 bits per heavy atom. The van der Waals surface area contributed by atoms with Gasteiger partial charge in [-0.2, -0.15) is 5.10 Å². The number of rotatable bonds is 4. The van der Waals surface area contributed by atoms with Gasteiger partial charge in [-0.15, -0.1) is 0 Å². The first-order chi connectivity index (χ1) is 7.65. The highest BCUT2D eigenvalue weighted by Gasteiger charge is 2.08. The molecule has 6 heteroatoms. The molecule has 0 aromatic carbocycles. The average Bonchev–Trinajstić information content (AvgIpc) is 2.27. The van der Waals surface area contributed by atoms with E-state index in [0.717, 1.165) is 0 Å². The van der Waals surface area contributed by atoms with Crippen LogP contribution in [0.15, 0.2) is 23.6 Å². The highest BCUT2D eigenvalue weighted by atomic mass is 16.4. The maximum atomic E-state index is 10.8. The molecule has 6 nitrogen and oxygen atoms in total. The predicted octanol–water partition coefficient (Wildman–Crippen LogP) is 1.49. The van der Waals surface area contributed by atoms with E-state index >= 15 is 0 Å². The molecule has 16 heavy (non-hydrogen) atoms. The monoisotopic (exact) mass is 218 g/mol. The normalized spacial score (nSPS) is 10.6. The first-order valence-corrected chi connectivity index (χ1v) is 4.45. The molecule has 1 aromatic rings. The molecule has 0 atom stereocenters. The van der Waals surface area contributed by atoms with Gasteiger partial charge in [0, 0.05) is 12.4 Å². The van der Waals surface area contributed by atoms with Crippen molar-refractivity contribution in [3.8, 4) is 0 Å². The minimum Gasteiger partial charge on any atom is -0.478 e. The number of hydrogen-bond acceptors (Lipinski definition) is 4. The predicted molar refractivity (Wildman–Crippen MR) is 59.4 cm³/mol. The van der Waals surface area contributed by atoms with E-state index in [2.05, 4.69) is 20.4 Å². The second kappa shape index (κ2) is 5.46. The van der Waals surface area contributed by atoms with Gasteiger partial charge in [-0.05, 0) is 13.0 Å². The molecular formula is C10H10N4O2. The Balaban J connectivity index is 2.86. The Morgan fingerprint density at radius 1 is 1.75 bits per heavy atom. The number of nitrogens with one attached hydrogen (secondary N) is 1. The van der Waals surface area contributed by atoms with Gasteiger partial charge in [-0.3, -0.25) is 10.4 Å². The third-order valence-corrected chi connectivity index (χ3v) is 1.73. The highest BCUT2D eigenvalue weighted by Crippen LogP contribution is 2.13. The number of aromatic carboxylic acids is 1. The van der Waals surface area contributed by atoms with Gasteiger partial charge in [0.1, 0.15) is 11.3 Å². The molecule has 82 valence electrons. The maximum Gasteiger partial charge on any atom is 0.339 e. The van der Waals surface area contributed by atoms with Crippen LogP contribution in [-0.2, 0) is 0 Å². The smallest absolute Gasteiger partial charge is 0.339 e. The van der Waals surface area contributed by atoms with Crippen LogP contribution in [0.4, 0.5) is 5.69 Å². The van der Waals surface area contributed by atoms with Crippen LogP contribution in [0.25, 0.3) is 4.85 Å². The largest absolute Gasteiger partial charge is 0.478 e. The standard InChI is InChI=1S/C10H10N4O2/c1-7(5-11-2)13-14-9-3-4-12-6-8(9)10(15)16/h3-4,6H,5H2,1H3,(H,12,14)(H,15,16)/b13-7+. The quantitative estimate of drug-likeness (QED) is 0.456. The minimum atomic E-state index is -1.08. The van der Waals surface area contributed by atoms with E-state index in [9.17, 15) is 4.79 Å². The molecule has 0 unspecified atom stereocenters. The van der Waals surface area contributed by atoms with Gasteiger partial charge in [0.25, 0.3) is 6.54 Å². The maximum absolute atomic E-state index is 10.8. The lowest BCUT2D eigenvalue weighted by Crippen LogP contribution is -2.05. The summed E-state index contributed by atoms with van der Waals surface area (Å²) in [4.78, 5) is 17.7. The fraction of sp³-hybridized carbons (Fsp3) is 0.200. The van der Waals surface area contributed by atoms with Crippen molar-refractivity contribution in [1.29, 1.82) is 0 Å². The summed E-state index contributed by atoms with van der Waals surface area (Å²) in [5.74, 6) is -1.08. The van der Waals surface area contributed by atoms with Crippen molar-refractivity contribution in [2.75, 3.05) is 12.0 Å². The Labute approximate surface area is 92.4 Å². The zero-order valence-electron chi connectivity index (χ0n) is 8.64. The van der Waals surface area contributed by atoms with Crippen LogP contribution >= 0.6 is 0 Å². The number of nitrogens with zero attached hydrogens (tertiary/aromatic N) is 3. The van der Waals surface area contributed by atoms with Crippen LogP contribution in [0.1, 0.15) is 17.3 Å². The number of carboxylic acids is 1. The molecule has 0 radical (unpaired) electrons. The van der Waals surface area contributed by atoms with Crippen LogP contribution in [0.5, 0.6) is 0 Å². The number of hydrazone groups is 1. The summed E-state index contributed by atoms with van der Waals surface area (Å²) in [5, 5.41) is 12.7. The molecule has 0 fully saturated rings. The van der Waals surface area contributed by atoms with E-state index in [1.165, 1.54) is 18.5 Å². The van der Waals surface area contributed by atoms with Crippen molar-refractivity contribution in [2.45, 2.75) is 6.92 Å². The SMILES string of the molecule is [C-]#[N+]C/C(C)=N/Nc1ccncc1C(=O)O. The lowest BCUT2D eigenvalue weighted by atomic mass is 10.2. The molecule has 1 heterocycles. The summed E-state index contributed by atoms with van der Waals surface area (Å²) < 4.78 is 0. The van der Waals surface area contributed by atoms with Gasteiger partial charge < -0.3 is 9.95 Å². The van der Waals surface area contributed by atoms with Crippen molar-refractivity contribution in [3.05, 3.63) is 35.4 Å². The number of carboxylic acid groups (broad SMARTS) is 1. The molecular weight excluding hydrogens is 208 g/mol. The van der Waals surface area contributed by atoms with Gasteiger partial charge in [-0.25, -0.2) is 11.4 Å². The summed E-state index contributed by atoms with van der Waals surface area (Å²) in [6.07, 6.45) is 2.71. The molecule has 0 amide bonds. The molecule has 0 bridgehead atoms. The molecule has 1 rings (SSSR count). The van der Waals surface area contributed by atoms with Crippen molar-refractivity contribution in [2.24, 2.45) is 5.10 Å². The molecule has 0 spiro atoms. The van der Waals surface area contributed by atoms with Gasteiger partial charge in [0.05, 0.1) is 5.69 Å². The first kappa shape index (κ1) is 11.7. The molecule has 0 aliphatic carbocycles. The fourth-order valence-corrected chi connectivity index (χ4v) is 0.968. The topological polar surface area (TPSA) is 78.9 Å². The third kappa shape index (κ3) is 3.06. The van der Waals surface area contributed by atoms with E-state index < -0.39 is 5.97 Å². The first-order valence-electron chi connectivity index (χ1n) is 4.45. The van der Waals surface area contributed by atoms with Gasteiger partial charge in [-0.1, -0.05) is 0 Å². The fourth-order valence-electron chi connectivity index (χ4n) is 0.968. The van der Waals surface area contributed by atoms with E-state index in [0.29, 0.717) is 11.4 Å². The number of aromatic nitrogens is 1. The second-order valence-electron chi connectivity index (χ2n) is 3.00. The van der Waals surface area contributed by atoms with Crippen molar-refractivity contribution >= 4 is 17.4 Å². The zero-order chi connectivity index (χ0) is 12.0. The Bertz CT molecular complexity index is 462. The minimum absolute atomic E-state index is 0.0434. The molecule has 0 saturated heterocycles. The summed E-state index contributed by atoms with van der Waals surface area (Å²) in [6.45, 7) is 8.51. The average molecular weight is 218 g/mol. The van der Waals surface area contributed by atoms with Crippen LogP contribution in [0.3, 0.4) is 0 Å². The van der Waals surface area contributed by atoms with Crippen LogP contribution < -0.4 is 5.43 Å². The van der Waals surface area contributed by atoms with Crippen molar-refractivity contribution in [3.63, 3.8) is 0 Å². The van der Waals surface area contributed by atoms with Crippen LogP contribution in [0.2, 0.25) is 0 Å². The van der Waals surface area contributed by atoms with Gasteiger partial charge in [0.2, 0.25) is 0 Å². The summed E-state index contributed by atoms with van der Waals surface area (Å²) in [7, 11) is 0. The van der Waals surface area contributed by atoms with Crippen LogP contribution in [-0.4, -0.2) is 28.3 Å². The third-order valence-electron chi connectivity index (χ3n) is 1.73. The van der Waals surface area contributed by atoms with E-state index in [4.69, 9.17) is 11.7 Å². The van der Waals surface area contributed by atoms with Gasteiger partial charge >= 0.3 is 5.97 Å². The highest BCUT2D eigenvalue weighted by molar-refractivity contribution is 5.94. The zero-order valence-corrected chi connectivity index (χ0v) is 8.64. The summed E-state index contributed by atoms with van der Waals surface area (Å²) >= 11 is 0. The number of anilines is 1. The molecule has 1 aromatic heterocycles. The number of hydrogen-bond donors (Lipinski definition) is 2. The molecule has 0 aliphatic rings. The molecule has 0 saturated carbocycles.